The first-order chi connectivity index (χ1) is 6.49. The van der Waals surface area contributed by atoms with E-state index in [9.17, 15) is 9.59 Å². The Morgan fingerprint density at radius 1 is 1.57 bits per heavy atom. The summed E-state index contributed by atoms with van der Waals surface area (Å²) in [6.45, 7) is 1.52. The van der Waals surface area contributed by atoms with Crippen molar-refractivity contribution in [3.8, 4) is 0 Å². The molecule has 6 heteroatoms. The molecule has 0 aliphatic rings. The molecule has 0 aromatic heterocycles. The summed E-state index contributed by atoms with van der Waals surface area (Å²) in [5.74, 6) is -0.762. The molecule has 5 nitrogen and oxygen atoms in total. The largest absolute Gasteiger partial charge is 0.480 e. The molecule has 2 atom stereocenters. The fourth-order valence-electron chi connectivity index (χ4n) is 0.796. The second-order valence-corrected chi connectivity index (χ2v) is 3.96. The SMILES string of the molecule is CSCC[C@H](NC(=O)C(C)N)C(=O)O. The van der Waals surface area contributed by atoms with E-state index < -0.39 is 24.0 Å². The van der Waals surface area contributed by atoms with Gasteiger partial charge in [0, 0.05) is 0 Å². The van der Waals surface area contributed by atoms with Crippen molar-refractivity contribution in [1.82, 2.24) is 5.32 Å². The molecule has 4 N–H and O–H groups in total. The molecule has 0 saturated carbocycles. The van der Waals surface area contributed by atoms with Crippen molar-refractivity contribution in [2.24, 2.45) is 5.73 Å². The van der Waals surface area contributed by atoms with Gasteiger partial charge in [-0.3, -0.25) is 4.79 Å². The van der Waals surface area contributed by atoms with Crippen LogP contribution in [-0.2, 0) is 9.59 Å². The Bertz CT molecular complexity index is 209. The lowest BCUT2D eigenvalue weighted by atomic mass is 10.2. The number of amides is 1. The van der Waals surface area contributed by atoms with Crippen molar-refractivity contribution >= 4 is 23.6 Å². The number of carboxylic acids is 1. The molecule has 0 bridgehead atoms. The highest BCUT2D eigenvalue weighted by atomic mass is 32.2. The van der Waals surface area contributed by atoms with Gasteiger partial charge in [-0.15, -0.1) is 0 Å². The van der Waals surface area contributed by atoms with E-state index in [-0.39, 0.29) is 0 Å². The molecule has 0 heterocycles. The molecule has 0 aliphatic carbocycles. The molecule has 0 saturated heterocycles. The molecule has 0 rings (SSSR count). The van der Waals surface area contributed by atoms with Crippen LogP contribution in [0.15, 0.2) is 0 Å². The lowest BCUT2D eigenvalue weighted by molar-refractivity contribution is -0.142. The zero-order valence-corrected chi connectivity index (χ0v) is 9.13. The van der Waals surface area contributed by atoms with Crippen molar-refractivity contribution in [1.29, 1.82) is 0 Å². The van der Waals surface area contributed by atoms with E-state index in [4.69, 9.17) is 10.8 Å². The summed E-state index contributed by atoms with van der Waals surface area (Å²) in [5, 5.41) is 11.1. The summed E-state index contributed by atoms with van der Waals surface area (Å²) in [6, 6.07) is -1.51. The normalized spacial score (nSPS) is 14.5. The van der Waals surface area contributed by atoms with Gasteiger partial charge >= 0.3 is 5.97 Å². The minimum atomic E-state index is -1.02. The van der Waals surface area contributed by atoms with Crippen LogP contribution >= 0.6 is 11.8 Å². The monoisotopic (exact) mass is 220 g/mol. The van der Waals surface area contributed by atoms with Crippen LogP contribution in [0.3, 0.4) is 0 Å². The van der Waals surface area contributed by atoms with Gasteiger partial charge in [0.2, 0.25) is 5.91 Å². The van der Waals surface area contributed by atoms with Crippen LogP contribution in [0.2, 0.25) is 0 Å². The van der Waals surface area contributed by atoms with Crippen LogP contribution in [0.25, 0.3) is 0 Å². The highest BCUT2D eigenvalue weighted by molar-refractivity contribution is 7.98. The van der Waals surface area contributed by atoms with Crippen molar-refractivity contribution in [2.75, 3.05) is 12.0 Å². The Labute approximate surface area is 87.4 Å². The molecular formula is C8H16N2O3S. The van der Waals surface area contributed by atoms with E-state index in [1.165, 1.54) is 18.7 Å². The highest BCUT2D eigenvalue weighted by Gasteiger charge is 2.20. The molecule has 0 aromatic carbocycles. The maximum Gasteiger partial charge on any atom is 0.326 e. The Hall–Kier alpha value is -0.750. The number of hydrogen-bond donors (Lipinski definition) is 3. The number of rotatable bonds is 6. The van der Waals surface area contributed by atoms with Gasteiger partial charge < -0.3 is 16.2 Å². The molecule has 0 radical (unpaired) electrons. The van der Waals surface area contributed by atoms with Crippen molar-refractivity contribution in [3.05, 3.63) is 0 Å². The lowest BCUT2D eigenvalue weighted by Gasteiger charge is -2.15. The topological polar surface area (TPSA) is 92.4 Å². The van der Waals surface area contributed by atoms with Crippen molar-refractivity contribution in [2.45, 2.75) is 25.4 Å². The number of carboxylic acid groups (broad SMARTS) is 1. The summed E-state index contributed by atoms with van der Waals surface area (Å²) in [4.78, 5) is 21.8. The van der Waals surface area contributed by atoms with Gasteiger partial charge in [0.15, 0.2) is 0 Å². The van der Waals surface area contributed by atoms with Crippen molar-refractivity contribution < 1.29 is 14.7 Å². The number of nitrogens with one attached hydrogen (secondary N) is 1. The zero-order valence-electron chi connectivity index (χ0n) is 8.32. The highest BCUT2D eigenvalue weighted by Crippen LogP contribution is 2.01. The molecule has 1 unspecified atom stereocenters. The predicted molar refractivity (Wildman–Crippen MR) is 56.2 cm³/mol. The Morgan fingerprint density at radius 3 is 2.50 bits per heavy atom. The van der Waals surface area contributed by atoms with Gasteiger partial charge in [-0.25, -0.2) is 4.79 Å². The molecule has 0 fully saturated rings. The number of hydrogen-bond acceptors (Lipinski definition) is 4. The van der Waals surface area contributed by atoms with Crippen LogP contribution in [0.5, 0.6) is 0 Å². The smallest absolute Gasteiger partial charge is 0.326 e. The van der Waals surface area contributed by atoms with Crippen LogP contribution < -0.4 is 11.1 Å². The first-order valence-electron chi connectivity index (χ1n) is 4.26. The fourth-order valence-corrected chi connectivity index (χ4v) is 1.27. The molecular weight excluding hydrogens is 204 g/mol. The Morgan fingerprint density at radius 2 is 2.14 bits per heavy atom. The number of nitrogens with two attached hydrogens (primary N) is 1. The maximum absolute atomic E-state index is 11.1. The summed E-state index contributed by atoms with van der Waals surface area (Å²) < 4.78 is 0. The van der Waals surface area contributed by atoms with Gasteiger partial charge in [0.25, 0.3) is 0 Å². The lowest BCUT2D eigenvalue weighted by Crippen LogP contribution is -2.47. The van der Waals surface area contributed by atoms with E-state index >= 15 is 0 Å². The van der Waals surface area contributed by atoms with Crippen molar-refractivity contribution in [3.63, 3.8) is 0 Å². The number of carbonyl (C=O) groups is 2. The molecule has 14 heavy (non-hydrogen) atoms. The molecule has 0 aromatic rings. The Kier molecular flexibility index (Phi) is 6.31. The van der Waals surface area contributed by atoms with Crippen LogP contribution in [-0.4, -0.2) is 41.1 Å². The van der Waals surface area contributed by atoms with E-state index in [2.05, 4.69) is 5.32 Å². The summed E-state index contributed by atoms with van der Waals surface area (Å²) in [7, 11) is 0. The molecule has 1 amide bonds. The summed E-state index contributed by atoms with van der Waals surface area (Å²) in [5.41, 5.74) is 5.30. The molecule has 0 aliphatic heterocycles. The summed E-state index contributed by atoms with van der Waals surface area (Å²) >= 11 is 1.54. The first-order valence-corrected chi connectivity index (χ1v) is 5.66. The van der Waals surface area contributed by atoms with E-state index in [1.807, 2.05) is 6.26 Å². The predicted octanol–water partition coefficient (Wildman–Crippen LogP) is -0.344. The van der Waals surface area contributed by atoms with Crippen LogP contribution in [0.4, 0.5) is 0 Å². The molecule has 82 valence electrons. The maximum atomic E-state index is 11.1. The van der Waals surface area contributed by atoms with Gasteiger partial charge in [0.05, 0.1) is 6.04 Å². The minimum Gasteiger partial charge on any atom is -0.480 e. The third-order valence-corrected chi connectivity index (χ3v) is 2.28. The first kappa shape index (κ1) is 13.2. The van der Waals surface area contributed by atoms with E-state index in [1.54, 1.807) is 0 Å². The van der Waals surface area contributed by atoms with Gasteiger partial charge in [-0.2, -0.15) is 11.8 Å². The minimum absolute atomic E-state index is 0.412. The van der Waals surface area contributed by atoms with E-state index in [0.717, 1.165) is 0 Å². The van der Waals surface area contributed by atoms with Gasteiger partial charge in [-0.1, -0.05) is 0 Å². The average Bonchev–Trinajstić information content (AvgIpc) is 2.10. The number of carbonyl (C=O) groups excluding carboxylic acids is 1. The third-order valence-electron chi connectivity index (χ3n) is 1.64. The second-order valence-electron chi connectivity index (χ2n) is 2.97. The van der Waals surface area contributed by atoms with Crippen LogP contribution in [0.1, 0.15) is 13.3 Å². The standard InChI is InChI=1S/C8H16N2O3S/c1-5(9)7(11)10-6(8(12)13)3-4-14-2/h5-6H,3-4,9H2,1-2H3,(H,10,11)(H,12,13)/t5?,6-/m0/s1. The Balaban J connectivity index is 4.09. The summed E-state index contributed by atoms with van der Waals surface area (Å²) in [6.07, 6.45) is 2.29. The second kappa shape index (κ2) is 6.67. The van der Waals surface area contributed by atoms with Crippen LogP contribution in [0, 0.1) is 0 Å². The van der Waals surface area contributed by atoms with Gasteiger partial charge in [0.1, 0.15) is 6.04 Å². The number of thioether (sulfide) groups is 1. The average molecular weight is 220 g/mol. The number of aliphatic carboxylic acids is 1. The fraction of sp³-hybridized carbons (Fsp3) is 0.750. The third kappa shape index (κ3) is 5.08. The van der Waals surface area contributed by atoms with E-state index in [0.29, 0.717) is 12.2 Å². The zero-order chi connectivity index (χ0) is 11.1. The quantitative estimate of drug-likeness (QED) is 0.569. The van der Waals surface area contributed by atoms with Gasteiger partial charge in [-0.05, 0) is 25.4 Å². The molecule has 0 spiro atoms.